The van der Waals surface area contributed by atoms with Crippen molar-refractivity contribution in [3.63, 3.8) is 0 Å². The number of rotatable bonds is 1. The Balaban J connectivity index is 1.97. The maximum atomic E-state index is 4.86. The highest BCUT2D eigenvalue weighted by Gasteiger charge is 2.22. The number of hydrogen-bond acceptors (Lipinski definition) is 4. The predicted octanol–water partition coefficient (Wildman–Crippen LogP) is 2.82. The van der Waals surface area contributed by atoms with E-state index in [9.17, 15) is 0 Å². The average Bonchev–Trinajstić information content (AvgIpc) is 2.88. The topological polar surface area (TPSA) is 46.3 Å². The lowest BCUT2D eigenvalue weighted by Crippen LogP contribution is -2.36. The summed E-state index contributed by atoms with van der Waals surface area (Å²) in [5, 5.41) is 5.63. The largest absolute Gasteiger partial charge is 0.340 e. The van der Waals surface area contributed by atoms with Crippen molar-refractivity contribution in [2.45, 2.75) is 26.7 Å². The van der Waals surface area contributed by atoms with Gasteiger partial charge < -0.3 is 4.90 Å². The molecule has 4 rings (SSSR count). The highest BCUT2D eigenvalue weighted by atomic mass is 15.4. The zero-order valence-corrected chi connectivity index (χ0v) is 12.5. The van der Waals surface area contributed by atoms with Gasteiger partial charge in [-0.1, -0.05) is 19.1 Å². The molecule has 0 spiro atoms. The molecule has 1 saturated heterocycles. The molecular formula is C16H19N5. The van der Waals surface area contributed by atoms with Crippen LogP contribution in [0.1, 0.15) is 25.6 Å². The van der Waals surface area contributed by atoms with Gasteiger partial charge in [-0.05, 0) is 37.8 Å². The third-order valence-electron chi connectivity index (χ3n) is 4.21. The van der Waals surface area contributed by atoms with Crippen molar-refractivity contribution in [3.8, 4) is 0 Å². The first-order chi connectivity index (χ1) is 10.2. The number of benzene rings is 1. The van der Waals surface area contributed by atoms with Crippen LogP contribution in [0.5, 0.6) is 0 Å². The molecule has 3 heterocycles. The quantitative estimate of drug-likeness (QED) is 0.688. The van der Waals surface area contributed by atoms with E-state index >= 15 is 0 Å². The molecule has 1 unspecified atom stereocenters. The lowest BCUT2D eigenvalue weighted by atomic mass is 10.0. The molecule has 0 N–H and O–H groups in total. The average molecular weight is 281 g/mol. The lowest BCUT2D eigenvalue weighted by Gasteiger charge is -2.31. The molecule has 1 aromatic carbocycles. The van der Waals surface area contributed by atoms with E-state index in [0.29, 0.717) is 5.92 Å². The summed E-state index contributed by atoms with van der Waals surface area (Å²) < 4.78 is 1.91. The number of para-hydroxylation sites is 1. The Bertz CT molecular complexity index is 807. The Morgan fingerprint density at radius 3 is 2.90 bits per heavy atom. The summed E-state index contributed by atoms with van der Waals surface area (Å²) >= 11 is 0. The lowest BCUT2D eigenvalue weighted by molar-refractivity contribution is 0.440. The molecule has 0 saturated carbocycles. The van der Waals surface area contributed by atoms with Crippen LogP contribution in [0.15, 0.2) is 24.3 Å². The van der Waals surface area contributed by atoms with Crippen LogP contribution < -0.4 is 4.90 Å². The monoisotopic (exact) mass is 281 g/mol. The van der Waals surface area contributed by atoms with Crippen molar-refractivity contribution >= 4 is 22.5 Å². The van der Waals surface area contributed by atoms with Crippen molar-refractivity contribution in [1.82, 2.24) is 19.6 Å². The molecule has 2 aromatic heterocycles. The minimum atomic E-state index is 0.701. The second kappa shape index (κ2) is 4.69. The molecule has 0 radical (unpaired) electrons. The fourth-order valence-corrected chi connectivity index (χ4v) is 3.22. The van der Waals surface area contributed by atoms with E-state index in [1.165, 1.54) is 12.8 Å². The van der Waals surface area contributed by atoms with Gasteiger partial charge in [0.05, 0.1) is 5.52 Å². The van der Waals surface area contributed by atoms with Gasteiger partial charge in [-0.3, -0.25) is 0 Å². The van der Waals surface area contributed by atoms with Crippen LogP contribution >= 0.6 is 0 Å². The molecule has 0 aliphatic carbocycles. The van der Waals surface area contributed by atoms with Gasteiger partial charge in [-0.2, -0.15) is 4.52 Å². The molecule has 5 nitrogen and oxygen atoms in total. The predicted molar refractivity (Wildman–Crippen MR) is 83.6 cm³/mol. The zero-order valence-electron chi connectivity index (χ0n) is 12.5. The van der Waals surface area contributed by atoms with Gasteiger partial charge in [-0.25, -0.2) is 9.97 Å². The first-order valence-corrected chi connectivity index (χ1v) is 7.59. The number of hydrogen-bond donors (Lipinski definition) is 0. The van der Waals surface area contributed by atoms with Crippen LogP contribution in [0.2, 0.25) is 0 Å². The van der Waals surface area contributed by atoms with E-state index < -0.39 is 0 Å². The van der Waals surface area contributed by atoms with Gasteiger partial charge in [-0.15, -0.1) is 5.10 Å². The molecular weight excluding hydrogens is 262 g/mol. The van der Waals surface area contributed by atoms with E-state index in [4.69, 9.17) is 4.98 Å². The summed E-state index contributed by atoms with van der Waals surface area (Å²) in [7, 11) is 0. The SMILES string of the molecule is Cc1nc2c3ccccc3nc(N3CCCC(C)C3)n2n1. The number of anilines is 1. The first-order valence-electron chi connectivity index (χ1n) is 7.59. The Kier molecular flexibility index (Phi) is 2.80. The van der Waals surface area contributed by atoms with E-state index in [1.54, 1.807) is 0 Å². The van der Waals surface area contributed by atoms with Crippen molar-refractivity contribution in [3.05, 3.63) is 30.1 Å². The fraction of sp³-hybridized carbons (Fsp3) is 0.438. The van der Waals surface area contributed by atoms with Crippen molar-refractivity contribution < 1.29 is 0 Å². The number of piperidine rings is 1. The third kappa shape index (κ3) is 2.04. The normalized spacial score (nSPS) is 19.5. The van der Waals surface area contributed by atoms with Gasteiger partial charge in [0.2, 0.25) is 5.95 Å². The number of aryl methyl sites for hydroxylation is 1. The minimum Gasteiger partial charge on any atom is -0.340 e. The number of aromatic nitrogens is 4. The van der Waals surface area contributed by atoms with Crippen molar-refractivity contribution in [1.29, 1.82) is 0 Å². The van der Waals surface area contributed by atoms with Crippen LogP contribution in [0.25, 0.3) is 16.6 Å². The van der Waals surface area contributed by atoms with Gasteiger partial charge in [0, 0.05) is 18.5 Å². The smallest absolute Gasteiger partial charge is 0.229 e. The minimum absolute atomic E-state index is 0.701. The second-order valence-corrected chi connectivity index (χ2v) is 6.02. The Morgan fingerprint density at radius 2 is 2.05 bits per heavy atom. The van der Waals surface area contributed by atoms with E-state index in [1.807, 2.05) is 23.6 Å². The van der Waals surface area contributed by atoms with Crippen LogP contribution in [-0.2, 0) is 0 Å². The maximum Gasteiger partial charge on any atom is 0.229 e. The standard InChI is InChI=1S/C16H19N5/c1-11-6-5-9-20(10-11)16-18-14-8-4-3-7-13(14)15-17-12(2)19-21(15)16/h3-4,7-8,11H,5-6,9-10H2,1-2H3. The molecule has 5 heteroatoms. The molecule has 1 atom stereocenters. The highest BCUT2D eigenvalue weighted by molar-refractivity contribution is 5.92. The van der Waals surface area contributed by atoms with Crippen LogP contribution in [-0.4, -0.2) is 32.7 Å². The van der Waals surface area contributed by atoms with E-state index in [-0.39, 0.29) is 0 Å². The molecule has 1 fully saturated rings. The Morgan fingerprint density at radius 1 is 1.19 bits per heavy atom. The fourth-order valence-electron chi connectivity index (χ4n) is 3.22. The summed E-state index contributed by atoms with van der Waals surface area (Å²) in [4.78, 5) is 11.8. The summed E-state index contributed by atoms with van der Waals surface area (Å²) in [6.45, 7) is 6.32. The molecule has 108 valence electrons. The Hall–Kier alpha value is -2.17. The van der Waals surface area contributed by atoms with E-state index in [2.05, 4.69) is 34.0 Å². The molecule has 3 aromatic rings. The number of nitrogens with zero attached hydrogens (tertiary/aromatic N) is 5. The van der Waals surface area contributed by atoms with Gasteiger partial charge in [0.1, 0.15) is 5.82 Å². The van der Waals surface area contributed by atoms with Gasteiger partial charge in [0.25, 0.3) is 0 Å². The maximum absolute atomic E-state index is 4.86. The van der Waals surface area contributed by atoms with Gasteiger partial charge in [0.15, 0.2) is 5.65 Å². The summed E-state index contributed by atoms with van der Waals surface area (Å²) in [5.41, 5.74) is 1.90. The van der Waals surface area contributed by atoms with Crippen LogP contribution in [0.4, 0.5) is 5.95 Å². The molecule has 0 amide bonds. The zero-order chi connectivity index (χ0) is 14.4. The summed E-state index contributed by atoms with van der Waals surface area (Å²) in [6, 6.07) is 8.17. The molecule has 1 aliphatic heterocycles. The van der Waals surface area contributed by atoms with Gasteiger partial charge >= 0.3 is 0 Å². The molecule has 0 bridgehead atoms. The third-order valence-corrected chi connectivity index (χ3v) is 4.21. The number of fused-ring (bicyclic) bond motifs is 3. The summed E-state index contributed by atoms with van der Waals surface area (Å²) in [6.07, 6.45) is 2.51. The molecule has 1 aliphatic rings. The van der Waals surface area contributed by atoms with Crippen molar-refractivity contribution in [2.75, 3.05) is 18.0 Å². The summed E-state index contributed by atoms with van der Waals surface area (Å²) in [5.74, 6) is 2.42. The van der Waals surface area contributed by atoms with Crippen LogP contribution in [0, 0.1) is 12.8 Å². The second-order valence-electron chi connectivity index (χ2n) is 6.02. The van der Waals surface area contributed by atoms with Crippen molar-refractivity contribution in [2.24, 2.45) is 5.92 Å². The first kappa shape index (κ1) is 12.6. The Labute approximate surface area is 123 Å². The van der Waals surface area contributed by atoms with E-state index in [0.717, 1.165) is 41.4 Å². The van der Waals surface area contributed by atoms with Crippen LogP contribution in [0.3, 0.4) is 0 Å². The molecule has 21 heavy (non-hydrogen) atoms. The highest BCUT2D eigenvalue weighted by Crippen LogP contribution is 2.26.